The van der Waals surface area contributed by atoms with Gasteiger partial charge >= 0.3 is 0 Å². The highest BCUT2D eigenvalue weighted by Crippen LogP contribution is 2.19. The number of hydrogen-bond acceptors (Lipinski definition) is 6. The maximum Gasteiger partial charge on any atom is 0.277 e. The average molecular weight is 481 g/mol. The number of anilines is 1. The number of aryl methyl sites for hydroxylation is 1. The lowest BCUT2D eigenvalue weighted by Gasteiger charge is -2.04. The summed E-state index contributed by atoms with van der Waals surface area (Å²) in [5.74, 6) is 1.17. The zero-order valence-corrected chi connectivity index (χ0v) is 16.9. The molecule has 0 fully saturated rings. The fourth-order valence-electron chi connectivity index (χ4n) is 2.10. The van der Waals surface area contributed by atoms with Gasteiger partial charge in [0.15, 0.2) is 6.61 Å². The minimum absolute atomic E-state index is 0.132. The number of halogens is 1. The zero-order chi connectivity index (χ0) is 18.4. The average Bonchev–Trinajstić information content (AvgIpc) is 3.06. The van der Waals surface area contributed by atoms with Crippen LogP contribution in [0.15, 0.2) is 58.2 Å². The summed E-state index contributed by atoms with van der Waals surface area (Å²) in [5.41, 5.74) is 1.88. The third-order valence-electron chi connectivity index (χ3n) is 3.24. The summed E-state index contributed by atoms with van der Waals surface area (Å²) in [6.45, 7) is 2.18. The van der Waals surface area contributed by atoms with Crippen LogP contribution in [0.1, 0.15) is 11.5 Å². The molecule has 0 saturated carbocycles. The monoisotopic (exact) mass is 481 g/mol. The van der Waals surface area contributed by atoms with E-state index >= 15 is 0 Å². The minimum atomic E-state index is -0.132. The second-order valence-corrected chi connectivity index (χ2v) is 7.59. The number of carbonyl (C=O) groups is 1. The van der Waals surface area contributed by atoms with Gasteiger partial charge in [0.25, 0.3) is 11.1 Å². The van der Waals surface area contributed by atoms with Crippen LogP contribution in [0.5, 0.6) is 5.75 Å². The summed E-state index contributed by atoms with van der Waals surface area (Å²) in [4.78, 5) is 12.0. The van der Waals surface area contributed by atoms with E-state index in [1.807, 2.05) is 55.5 Å². The Labute approximate surface area is 168 Å². The van der Waals surface area contributed by atoms with Crippen molar-refractivity contribution in [3.63, 3.8) is 0 Å². The van der Waals surface area contributed by atoms with E-state index in [-0.39, 0.29) is 18.3 Å². The molecule has 134 valence electrons. The lowest BCUT2D eigenvalue weighted by Crippen LogP contribution is -2.14. The second-order valence-electron chi connectivity index (χ2n) is 5.41. The van der Waals surface area contributed by atoms with E-state index in [1.54, 1.807) is 0 Å². The van der Waals surface area contributed by atoms with E-state index in [9.17, 15) is 4.79 Å². The Morgan fingerprint density at radius 3 is 2.88 bits per heavy atom. The van der Waals surface area contributed by atoms with Crippen molar-refractivity contribution in [2.75, 3.05) is 11.1 Å². The number of nitrogens with zero attached hydrogens (tertiary/aromatic N) is 2. The second kappa shape index (κ2) is 9.04. The molecule has 0 unspecified atom stereocenters. The molecule has 0 aliphatic carbocycles. The van der Waals surface area contributed by atoms with Gasteiger partial charge in [0.2, 0.25) is 5.91 Å². The lowest BCUT2D eigenvalue weighted by molar-refractivity contribution is -0.113. The quantitative estimate of drug-likeness (QED) is 0.401. The molecule has 0 aliphatic rings. The number of benzene rings is 2. The van der Waals surface area contributed by atoms with Gasteiger partial charge in [-0.05, 0) is 65.4 Å². The zero-order valence-electron chi connectivity index (χ0n) is 13.9. The molecule has 0 bridgehead atoms. The van der Waals surface area contributed by atoms with Crippen LogP contribution < -0.4 is 10.1 Å². The molecule has 3 aromatic rings. The summed E-state index contributed by atoms with van der Waals surface area (Å²) >= 11 is 3.38. The Morgan fingerprint density at radius 2 is 2.08 bits per heavy atom. The minimum Gasteiger partial charge on any atom is -0.484 e. The molecule has 6 nitrogen and oxygen atoms in total. The van der Waals surface area contributed by atoms with Crippen LogP contribution in [0.25, 0.3) is 0 Å². The van der Waals surface area contributed by atoms with Crippen molar-refractivity contribution in [2.24, 2.45) is 0 Å². The first-order valence-corrected chi connectivity index (χ1v) is 9.85. The number of carbonyl (C=O) groups excluding carboxylic acids is 1. The predicted molar refractivity (Wildman–Crippen MR) is 108 cm³/mol. The van der Waals surface area contributed by atoms with E-state index in [0.717, 1.165) is 20.6 Å². The topological polar surface area (TPSA) is 77.2 Å². The van der Waals surface area contributed by atoms with Crippen molar-refractivity contribution in [3.05, 3.63) is 63.6 Å². The lowest BCUT2D eigenvalue weighted by atomic mass is 10.2. The number of nitrogens with one attached hydrogen (secondary N) is 1. The molecule has 0 saturated heterocycles. The molecule has 26 heavy (non-hydrogen) atoms. The van der Waals surface area contributed by atoms with Gasteiger partial charge in [-0.25, -0.2) is 0 Å². The SMILES string of the molecule is Cc1cccc(OCc2nnc(SCC(=O)Nc3cccc(I)c3)o2)c1. The van der Waals surface area contributed by atoms with Gasteiger partial charge in [0.1, 0.15) is 5.75 Å². The van der Waals surface area contributed by atoms with Crippen molar-refractivity contribution >= 4 is 45.9 Å². The van der Waals surface area contributed by atoms with Gasteiger partial charge in [-0.1, -0.05) is 30.0 Å². The molecule has 1 amide bonds. The summed E-state index contributed by atoms with van der Waals surface area (Å²) in [6, 6.07) is 15.3. The molecule has 8 heteroatoms. The van der Waals surface area contributed by atoms with Gasteiger partial charge in [-0.15, -0.1) is 10.2 Å². The van der Waals surface area contributed by atoms with Crippen molar-refractivity contribution in [2.45, 2.75) is 18.8 Å². The van der Waals surface area contributed by atoms with Gasteiger partial charge < -0.3 is 14.5 Å². The molecule has 1 N–H and O–H groups in total. The van der Waals surface area contributed by atoms with E-state index in [0.29, 0.717) is 11.1 Å². The summed E-state index contributed by atoms with van der Waals surface area (Å²) in [6.07, 6.45) is 0. The molecule has 0 spiro atoms. The Hall–Kier alpha value is -2.07. The Bertz CT molecular complexity index is 901. The summed E-state index contributed by atoms with van der Waals surface area (Å²) in [5, 5.41) is 11.0. The van der Waals surface area contributed by atoms with Crippen molar-refractivity contribution in [1.82, 2.24) is 10.2 Å². The van der Waals surface area contributed by atoms with Crippen LogP contribution in [0.4, 0.5) is 5.69 Å². The third-order valence-corrected chi connectivity index (χ3v) is 4.72. The standard InChI is InChI=1S/C18H16IN3O3S/c1-12-4-2-7-15(8-12)24-10-17-21-22-18(25-17)26-11-16(23)20-14-6-3-5-13(19)9-14/h2-9H,10-11H2,1H3,(H,20,23). The number of aromatic nitrogens is 2. The fourth-order valence-corrected chi connectivity index (χ4v) is 3.22. The van der Waals surface area contributed by atoms with E-state index in [1.165, 1.54) is 11.8 Å². The molecule has 0 aliphatic heterocycles. The highest BCUT2D eigenvalue weighted by Gasteiger charge is 2.10. The molecule has 0 radical (unpaired) electrons. The summed E-state index contributed by atoms with van der Waals surface area (Å²) < 4.78 is 12.2. The van der Waals surface area contributed by atoms with Crippen LogP contribution in [0, 0.1) is 10.5 Å². The fraction of sp³-hybridized carbons (Fsp3) is 0.167. The van der Waals surface area contributed by atoms with Gasteiger partial charge in [0.05, 0.1) is 5.75 Å². The van der Waals surface area contributed by atoms with Crippen LogP contribution in [0.3, 0.4) is 0 Å². The van der Waals surface area contributed by atoms with Crippen LogP contribution >= 0.6 is 34.4 Å². The van der Waals surface area contributed by atoms with E-state index in [4.69, 9.17) is 9.15 Å². The molecule has 0 atom stereocenters. The molecule has 1 aromatic heterocycles. The maximum atomic E-state index is 12.0. The first-order chi connectivity index (χ1) is 12.6. The van der Waals surface area contributed by atoms with Crippen molar-refractivity contribution in [1.29, 1.82) is 0 Å². The van der Waals surface area contributed by atoms with Crippen LogP contribution in [-0.4, -0.2) is 21.9 Å². The molecular formula is C18H16IN3O3S. The highest BCUT2D eigenvalue weighted by molar-refractivity contribution is 14.1. The summed E-state index contributed by atoms with van der Waals surface area (Å²) in [7, 11) is 0. The largest absolute Gasteiger partial charge is 0.484 e. The van der Waals surface area contributed by atoms with E-state index < -0.39 is 0 Å². The Balaban J connectivity index is 1.46. The number of ether oxygens (including phenoxy) is 1. The number of amides is 1. The van der Waals surface area contributed by atoms with Crippen molar-refractivity contribution < 1.29 is 13.9 Å². The Morgan fingerprint density at radius 1 is 1.23 bits per heavy atom. The van der Waals surface area contributed by atoms with Crippen molar-refractivity contribution in [3.8, 4) is 5.75 Å². The first-order valence-electron chi connectivity index (χ1n) is 7.78. The van der Waals surface area contributed by atoms with Crippen LogP contribution in [0.2, 0.25) is 0 Å². The Kier molecular flexibility index (Phi) is 6.51. The molecule has 2 aromatic carbocycles. The molecule has 1 heterocycles. The number of rotatable bonds is 7. The third kappa shape index (κ3) is 5.73. The smallest absolute Gasteiger partial charge is 0.277 e. The van der Waals surface area contributed by atoms with Gasteiger partial charge in [-0.3, -0.25) is 4.79 Å². The number of hydrogen-bond donors (Lipinski definition) is 1. The first kappa shape index (κ1) is 18.7. The molecule has 3 rings (SSSR count). The molecular weight excluding hydrogens is 465 g/mol. The predicted octanol–water partition coefficient (Wildman–Crippen LogP) is 4.29. The van der Waals surface area contributed by atoms with Gasteiger partial charge in [0, 0.05) is 9.26 Å². The normalized spacial score (nSPS) is 10.5. The van der Waals surface area contributed by atoms with Crippen LogP contribution in [-0.2, 0) is 11.4 Å². The maximum absolute atomic E-state index is 12.0. The van der Waals surface area contributed by atoms with E-state index in [2.05, 4.69) is 38.1 Å². The highest BCUT2D eigenvalue weighted by atomic mass is 127. The van der Waals surface area contributed by atoms with Gasteiger partial charge in [-0.2, -0.15) is 0 Å². The number of thioether (sulfide) groups is 1.